The Balaban J connectivity index is 1.57. The van der Waals surface area contributed by atoms with Crippen LogP contribution in [0.5, 0.6) is 0 Å². The number of rotatable bonds is 6. The minimum absolute atomic E-state index is 0.101. The molecule has 5 nitrogen and oxygen atoms in total. The number of aromatic nitrogens is 3. The van der Waals surface area contributed by atoms with E-state index < -0.39 is 0 Å². The summed E-state index contributed by atoms with van der Waals surface area (Å²) in [5, 5.41) is 9.03. The van der Waals surface area contributed by atoms with Crippen LogP contribution in [-0.2, 0) is 17.7 Å². The Kier molecular flexibility index (Phi) is 4.93. The maximum absolute atomic E-state index is 13.2. The van der Waals surface area contributed by atoms with Crippen LogP contribution < -0.4 is 4.90 Å². The van der Waals surface area contributed by atoms with Crippen molar-refractivity contribution < 1.29 is 9.13 Å². The fraction of sp³-hybridized carbons (Fsp3) is 0.619. The Morgan fingerprint density at radius 1 is 1.19 bits per heavy atom. The van der Waals surface area contributed by atoms with E-state index in [1.807, 2.05) is 12.1 Å². The summed E-state index contributed by atoms with van der Waals surface area (Å²) in [6.07, 6.45) is 4.51. The molecule has 1 aliphatic carbocycles. The lowest BCUT2D eigenvalue weighted by atomic mass is 9.97. The van der Waals surface area contributed by atoms with Crippen molar-refractivity contribution in [1.82, 2.24) is 14.8 Å². The van der Waals surface area contributed by atoms with Crippen LogP contribution >= 0.6 is 0 Å². The van der Waals surface area contributed by atoms with Crippen LogP contribution in [0, 0.1) is 17.7 Å². The fourth-order valence-corrected chi connectivity index (χ4v) is 4.44. The molecule has 2 heterocycles. The maximum atomic E-state index is 13.2. The van der Waals surface area contributed by atoms with Gasteiger partial charge in [-0.2, -0.15) is 0 Å². The number of hydrogen-bond acceptors (Lipinski definition) is 4. The second-order valence-electron chi connectivity index (χ2n) is 8.62. The molecule has 1 aromatic carbocycles. The lowest BCUT2D eigenvalue weighted by Gasteiger charge is -2.47. The highest BCUT2D eigenvalue weighted by Gasteiger charge is 2.41. The predicted molar refractivity (Wildman–Crippen MR) is 103 cm³/mol. The van der Waals surface area contributed by atoms with E-state index in [0.717, 1.165) is 42.9 Å². The zero-order chi connectivity index (χ0) is 19.0. The van der Waals surface area contributed by atoms with Crippen molar-refractivity contribution in [2.24, 2.45) is 11.8 Å². The molecule has 0 radical (unpaired) electrons. The molecule has 2 fully saturated rings. The molecular formula is C21H29FN4O. The molecule has 4 rings (SSSR count). The highest BCUT2D eigenvalue weighted by molar-refractivity contribution is 5.39. The van der Waals surface area contributed by atoms with Crippen LogP contribution in [-0.4, -0.2) is 40.6 Å². The third kappa shape index (κ3) is 3.86. The van der Waals surface area contributed by atoms with Gasteiger partial charge in [0.25, 0.3) is 0 Å². The quantitative estimate of drug-likeness (QED) is 0.776. The predicted octanol–water partition coefficient (Wildman–Crippen LogP) is 3.67. The molecule has 2 atom stereocenters. The van der Waals surface area contributed by atoms with Crippen molar-refractivity contribution in [1.29, 1.82) is 0 Å². The zero-order valence-corrected chi connectivity index (χ0v) is 16.5. The highest BCUT2D eigenvalue weighted by Crippen LogP contribution is 2.34. The van der Waals surface area contributed by atoms with Gasteiger partial charge in [-0.15, -0.1) is 10.2 Å². The monoisotopic (exact) mass is 372 g/mol. The van der Waals surface area contributed by atoms with Crippen LogP contribution in [0.1, 0.15) is 44.5 Å². The van der Waals surface area contributed by atoms with Crippen LogP contribution in [0.15, 0.2) is 24.3 Å². The number of anilines is 1. The summed E-state index contributed by atoms with van der Waals surface area (Å²) in [4.78, 5) is 2.25. The molecule has 1 saturated heterocycles. The van der Waals surface area contributed by atoms with Crippen LogP contribution in [0.2, 0.25) is 0 Å². The SMILES string of the molecule is COC1(C)CN(c2nnc(Cc3ccc(F)cc3)n2CC2CCC(C)C2)C1. The molecule has 1 aliphatic heterocycles. The van der Waals surface area contributed by atoms with Crippen molar-refractivity contribution in [3.8, 4) is 0 Å². The first kappa shape index (κ1) is 18.4. The molecule has 1 aromatic heterocycles. The van der Waals surface area contributed by atoms with Crippen LogP contribution in [0.3, 0.4) is 0 Å². The van der Waals surface area contributed by atoms with E-state index >= 15 is 0 Å². The van der Waals surface area contributed by atoms with Gasteiger partial charge in [-0.1, -0.05) is 25.5 Å². The van der Waals surface area contributed by atoms with Crippen molar-refractivity contribution in [3.05, 3.63) is 41.5 Å². The first-order valence-corrected chi connectivity index (χ1v) is 9.92. The summed E-state index contributed by atoms with van der Waals surface area (Å²) in [6.45, 7) is 7.09. The second-order valence-corrected chi connectivity index (χ2v) is 8.62. The Labute approximate surface area is 160 Å². The molecule has 6 heteroatoms. The summed E-state index contributed by atoms with van der Waals surface area (Å²) in [6, 6.07) is 6.68. The van der Waals surface area contributed by atoms with Crippen LogP contribution in [0.25, 0.3) is 0 Å². The van der Waals surface area contributed by atoms with Gasteiger partial charge in [-0.05, 0) is 49.3 Å². The second kappa shape index (κ2) is 7.23. The van der Waals surface area contributed by atoms with Gasteiger partial charge in [0.05, 0.1) is 13.1 Å². The minimum atomic E-state index is -0.208. The first-order valence-electron chi connectivity index (χ1n) is 9.92. The van der Waals surface area contributed by atoms with Crippen LogP contribution in [0.4, 0.5) is 10.3 Å². The highest BCUT2D eigenvalue weighted by atomic mass is 19.1. The van der Waals surface area contributed by atoms with Gasteiger partial charge >= 0.3 is 0 Å². The molecule has 0 spiro atoms. The van der Waals surface area contributed by atoms with Gasteiger partial charge in [0.15, 0.2) is 0 Å². The largest absolute Gasteiger partial charge is 0.375 e. The summed E-state index contributed by atoms with van der Waals surface area (Å²) in [5.74, 6) is 3.18. The first-order chi connectivity index (χ1) is 13.0. The van der Waals surface area contributed by atoms with Gasteiger partial charge in [-0.3, -0.25) is 4.57 Å². The lowest BCUT2D eigenvalue weighted by molar-refractivity contribution is -0.0179. The molecule has 2 unspecified atom stereocenters. The smallest absolute Gasteiger partial charge is 0.227 e. The minimum Gasteiger partial charge on any atom is -0.375 e. The third-order valence-corrected chi connectivity index (χ3v) is 6.15. The summed E-state index contributed by atoms with van der Waals surface area (Å²) in [5.41, 5.74) is 0.956. The molecule has 1 saturated carbocycles. The average Bonchev–Trinajstić information content (AvgIpc) is 3.21. The Morgan fingerprint density at radius 3 is 2.56 bits per heavy atom. The topological polar surface area (TPSA) is 43.2 Å². The van der Waals surface area contributed by atoms with Gasteiger partial charge in [-0.25, -0.2) is 4.39 Å². The van der Waals surface area contributed by atoms with Crippen molar-refractivity contribution in [3.63, 3.8) is 0 Å². The number of ether oxygens (including phenoxy) is 1. The van der Waals surface area contributed by atoms with Gasteiger partial charge in [0, 0.05) is 20.1 Å². The van der Waals surface area contributed by atoms with E-state index in [1.54, 1.807) is 7.11 Å². The molecule has 0 amide bonds. The average molecular weight is 372 g/mol. The van der Waals surface area contributed by atoms with Crippen molar-refractivity contribution in [2.75, 3.05) is 25.1 Å². The Morgan fingerprint density at radius 2 is 1.93 bits per heavy atom. The van der Waals surface area contributed by atoms with E-state index in [4.69, 9.17) is 4.74 Å². The van der Waals surface area contributed by atoms with E-state index in [1.165, 1.54) is 31.4 Å². The van der Waals surface area contributed by atoms with E-state index in [9.17, 15) is 4.39 Å². The molecule has 0 N–H and O–H groups in total. The van der Waals surface area contributed by atoms with Gasteiger partial charge in [0.2, 0.25) is 5.95 Å². The van der Waals surface area contributed by atoms with Crippen molar-refractivity contribution >= 4 is 5.95 Å². The fourth-order valence-electron chi connectivity index (χ4n) is 4.44. The summed E-state index contributed by atoms with van der Waals surface area (Å²) < 4.78 is 21.1. The molecule has 146 valence electrons. The van der Waals surface area contributed by atoms with Gasteiger partial charge < -0.3 is 9.64 Å². The normalized spacial score (nSPS) is 24.2. The summed E-state index contributed by atoms with van der Waals surface area (Å²) >= 11 is 0. The Bertz CT molecular complexity index is 782. The van der Waals surface area contributed by atoms with Crippen molar-refractivity contribution in [2.45, 2.75) is 51.7 Å². The molecule has 27 heavy (non-hydrogen) atoms. The summed E-state index contributed by atoms with van der Waals surface area (Å²) in [7, 11) is 1.77. The molecular weight excluding hydrogens is 343 g/mol. The van der Waals surface area contributed by atoms with E-state index in [-0.39, 0.29) is 11.4 Å². The molecule has 0 bridgehead atoms. The van der Waals surface area contributed by atoms with E-state index in [2.05, 4.69) is 33.5 Å². The zero-order valence-electron chi connectivity index (χ0n) is 16.5. The number of halogens is 1. The number of nitrogens with zero attached hydrogens (tertiary/aromatic N) is 4. The van der Waals surface area contributed by atoms with E-state index in [0.29, 0.717) is 12.3 Å². The van der Waals surface area contributed by atoms with Gasteiger partial charge in [0.1, 0.15) is 17.2 Å². The lowest BCUT2D eigenvalue weighted by Crippen LogP contribution is -2.62. The third-order valence-electron chi connectivity index (χ3n) is 6.15. The maximum Gasteiger partial charge on any atom is 0.227 e. The standard InChI is InChI=1S/C21H29FN4O/c1-15-4-5-17(10-15)12-26-19(11-16-6-8-18(22)9-7-16)23-24-20(26)25-13-21(2,14-25)27-3/h6-9,15,17H,4-5,10-14H2,1-3H3. The molecule has 2 aliphatic rings. The number of methoxy groups -OCH3 is 1. The number of hydrogen-bond donors (Lipinski definition) is 0. The molecule has 2 aromatic rings. The number of benzene rings is 1. The Hall–Kier alpha value is -1.95.